The van der Waals surface area contributed by atoms with Gasteiger partial charge in [0.25, 0.3) is 0 Å². The van der Waals surface area contributed by atoms with Crippen LogP contribution in [0.25, 0.3) is 11.2 Å². The molecule has 2 aromatic rings. The number of hydrogen-bond donors (Lipinski definition) is 1. The minimum Gasteiger partial charge on any atom is -0.386 e. The van der Waals surface area contributed by atoms with Crippen LogP contribution >= 0.6 is 0 Å². The van der Waals surface area contributed by atoms with Gasteiger partial charge in [-0.2, -0.15) is 0 Å². The van der Waals surface area contributed by atoms with E-state index in [-0.39, 0.29) is 0 Å². The van der Waals surface area contributed by atoms with E-state index >= 15 is 0 Å². The van der Waals surface area contributed by atoms with Gasteiger partial charge in [-0.05, 0) is 32.8 Å². The van der Waals surface area contributed by atoms with E-state index in [4.69, 9.17) is 0 Å². The van der Waals surface area contributed by atoms with E-state index in [1.165, 1.54) is 12.8 Å². The van der Waals surface area contributed by atoms with Crippen LogP contribution in [0.3, 0.4) is 0 Å². The molecule has 0 bridgehead atoms. The topological polar surface area (TPSA) is 50.9 Å². The first-order chi connectivity index (χ1) is 7.57. The highest BCUT2D eigenvalue weighted by atomic mass is 16.3. The fourth-order valence-corrected chi connectivity index (χ4v) is 2.05. The van der Waals surface area contributed by atoms with Gasteiger partial charge in [-0.15, -0.1) is 0 Å². The third-order valence-corrected chi connectivity index (χ3v) is 3.06. The monoisotopic (exact) mass is 217 g/mol. The Hall–Kier alpha value is -1.42. The fraction of sp³-hybridized carbons (Fsp3) is 0.500. The molecule has 0 aliphatic heterocycles. The number of aliphatic hydroxyl groups is 1. The van der Waals surface area contributed by atoms with Gasteiger partial charge in [-0.1, -0.05) is 0 Å². The largest absolute Gasteiger partial charge is 0.386 e. The SMILES string of the molecule is CC(C)(O)c1ccnc2c1ncn2C1CC1. The Morgan fingerprint density at radius 2 is 2.12 bits per heavy atom. The molecular weight excluding hydrogens is 202 g/mol. The summed E-state index contributed by atoms with van der Waals surface area (Å²) in [6.07, 6.45) is 6.00. The van der Waals surface area contributed by atoms with E-state index in [0.717, 1.165) is 16.7 Å². The summed E-state index contributed by atoms with van der Waals surface area (Å²) in [7, 11) is 0. The van der Waals surface area contributed by atoms with Crippen molar-refractivity contribution < 1.29 is 5.11 Å². The lowest BCUT2D eigenvalue weighted by atomic mass is 9.99. The third-order valence-electron chi connectivity index (χ3n) is 3.06. The van der Waals surface area contributed by atoms with E-state index in [0.29, 0.717) is 6.04 Å². The lowest BCUT2D eigenvalue weighted by molar-refractivity contribution is 0.0799. The summed E-state index contributed by atoms with van der Waals surface area (Å²) in [4.78, 5) is 8.75. The Labute approximate surface area is 93.9 Å². The van der Waals surface area contributed by atoms with Gasteiger partial charge in [-0.3, -0.25) is 0 Å². The molecule has 4 heteroatoms. The van der Waals surface area contributed by atoms with Crippen LogP contribution in [0.4, 0.5) is 0 Å². The second kappa shape index (κ2) is 3.04. The Balaban J connectivity index is 2.24. The highest BCUT2D eigenvalue weighted by Gasteiger charge is 2.28. The molecule has 4 nitrogen and oxygen atoms in total. The van der Waals surface area contributed by atoms with Gasteiger partial charge in [0.15, 0.2) is 5.65 Å². The summed E-state index contributed by atoms with van der Waals surface area (Å²) in [5.41, 5.74) is 1.69. The van der Waals surface area contributed by atoms with Crippen LogP contribution in [0.2, 0.25) is 0 Å². The molecule has 84 valence electrons. The van der Waals surface area contributed by atoms with Gasteiger partial charge in [0.2, 0.25) is 0 Å². The first-order valence-electron chi connectivity index (χ1n) is 5.62. The van der Waals surface area contributed by atoms with Gasteiger partial charge >= 0.3 is 0 Å². The molecule has 2 aromatic heterocycles. The predicted octanol–water partition coefficient (Wildman–Crippen LogP) is 1.99. The molecule has 1 N–H and O–H groups in total. The van der Waals surface area contributed by atoms with Crippen LogP contribution in [0.1, 0.15) is 38.3 Å². The van der Waals surface area contributed by atoms with Crippen molar-refractivity contribution in [3.8, 4) is 0 Å². The van der Waals surface area contributed by atoms with Crippen LogP contribution in [0, 0.1) is 0 Å². The van der Waals surface area contributed by atoms with E-state index < -0.39 is 5.60 Å². The van der Waals surface area contributed by atoms with Gasteiger partial charge in [0.05, 0.1) is 11.9 Å². The van der Waals surface area contributed by atoms with Crippen LogP contribution in [0.15, 0.2) is 18.6 Å². The maximum absolute atomic E-state index is 10.1. The molecule has 0 atom stereocenters. The predicted molar refractivity (Wildman–Crippen MR) is 61.0 cm³/mol. The zero-order valence-electron chi connectivity index (χ0n) is 9.51. The third kappa shape index (κ3) is 1.41. The van der Waals surface area contributed by atoms with Crippen molar-refractivity contribution in [2.24, 2.45) is 0 Å². The highest BCUT2D eigenvalue weighted by molar-refractivity contribution is 5.76. The van der Waals surface area contributed by atoms with Gasteiger partial charge < -0.3 is 9.67 Å². The average molecular weight is 217 g/mol. The van der Waals surface area contributed by atoms with Crippen molar-refractivity contribution in [2.45, 2.75) is 38.3 Å². The molecule has 0 spiro atoms. The second-order valence-electron chi connectivity index (χ2n) is 4.97. The molecule has 0 saturated heterocycles. The fourth-order valence-electron chi connectivity index (χ4n) is 2.05. The molecule has 2 heterocycles. The van der Waals surface area contributed by atoms with Gasteiger partial charge in [-0.25, -0.2) is 9.97 Å². The smallest absolute Gasteiger partial charge is 0.160 e. The first kappa shape index (κ1) is 9.78. The normalized spacial score (nSPS) is 16.9. The molecule has 1 aliphatic rings. The van der Waals surface area contributed by atoms with Crippen molar-refractivity contribution >= 4 is 11.2 Å². The Morgan fingerprint density at radius 1 is 1.38 bits per heavy atom. The zero-order chi connectivity index (χ0) is 11.3. The van der Waals surface area contributed by atoms with Crippen molar-refractivity contribution in [2.75, 3.05) is 0 Å². The van der Waals surface area contributed by atoms with E-state index in [9.17, 15) is 5.11 Å². The van der Waals surface area contributed by atoms with E-state index in [1.54, 1.807) is 20.0 Å². The van der Waals surface area contributed by atoms with Gasteiger partial charge in [0.1, 0.15) is 5.52 Å². The average Bonchev–Trinajstić information content (AvgIpc) is 2.96. The lowest BCUT2D eigenvalue weighted by Crippen LogP contribution is -2.16. The summed E-state index contributed by atoms with van der Waals surface area (Å²) in [6.45, 7) is 3.55. The van der Waals surface area contributed by atoms with Gasteiger partial charge in [0, 0.05) is 17.8 Å². The maximum Gasteiger partial charge on any atom is 0.160 e. The Bertz CT molecular complexity index is 535. The molecule has 0 aromatic carbocycles. The Morgan fingerprint density at radius 3 is 2.75 bits per heavy atom. The molecule has 0 unspecified atom stereocenters. The van der Waals surface area contributed by atoms with E-state index in [2.05, 4.69) is 14.5 Å². The molecular formula is C12H15N3O. The minimum atomic E-state index is -0.871. The van der Waals surface area contributed by atoms with Crippen molar-refractivity contribution in [3.05, 3.63) is 24.2 Å². The standard InChI is InChI=1S/C12H15N3O/c1-12(2,16)9-5-6-13-11-10(9)14-7-15(11)8-3-4-8/h5-8,16H,3-4H2,1-2H3. The number of imidazole rings is 1. The summed E-state index contributed by atoms with van der Waals surface area (Å²) in [5.74, 6) is 0. The molecule has 3 rings (SSSR count). The van der Waals surface area contributed by atoms with Crippen molar-refractivity contribution in [1.29, 1.82) is 0 Å². The van der Waals surface area contributed by atoms with Crippen molar-refractivity contribution in [1.82, 2.24) is 14.5 Å². The number of hydrogen-bond acceptors (Lipinski definition) is 3. The van der Waals surface area contributed by atoms with E-state index in [1.807, 2.05) is 12.4 Å². The van der Waals surface area contributed by atoms with Crippen LogP contribution in [0.5, 0.6) is 0 Å². The summed E-state index contributed by atoms with van der Waals surface area (Å²) in [5, 5.41) is 10.1. The lowest BCUT2D eigenvalue weighted by Gasteiger charge is -2.17. The minimum absolute atomic E-state index is 0.564. The summed E-state index contributed by atoms with van der Waals surface area (Å²) < 4.78 is 2.12. The molecule has 0 amide bonds. The molecule has 0 radical (unpaired) electrons. The number of nitrogens with zero attached hydrogens (tertiary/aromatic N) is 3. The summed E-state index contributed by atoms with van der Waals surface area (Å²) in [6, 6.07) is 2.40. The second-order valence-corrected chi connectivity index (χ2v) is 4.97. The maximum atomic E-state index is 10.1. The molecule has 16 heavy (non-hydrogen) atoms. The quantitative estimate of drug-likeness (QED) is 0.837. The van der Waals surface area contributed by atoms with Crippen molar-refractivity contribution in [3.63, 3.8) is 0 Å². The number of pyridine rings is 1. The highest BCUT2D eigenvalue weighted by Crippen LogP contribution is 2.37. The number of rotatable bonds is 2. The molecule has 1 saturated carbocycles. The van der Waals surface area contributed by atoms with Crippen LogP contribution < -0.4 is 0 Å². The zero-order valence-corrected chi connectivity index (χ0v) is 9.51. The van der Waals surface area contributed by atoms with Crippen LogP contribution in [-0.2, 0) is 5.60 Å². The summed E-state index contributed by atoms with van der Waals surface area (Å²) >= 11 is 0. The molecule has 1 fully saturated rings. The Kier molecular flexibility index (Phi) is 1.86. The number of fused-ring (bicyclic) bond motifs is 1. The number of aromatic nitrogens is 3. The molecule has 1 aliphatic carbocycles. The first-order valence-corrected chi connectivity index (χ1v) is 5.62. The van der Waals surface area contributed by atoms with Crippen LogP contribution in [-0.4, -0.2) is 19.6 Å².